The summed E-state index contributed by atoms with van der Waals surface area (Å²) in [5.41, 5.74) is 6.47. The quantitative estimate of drug-likeness (QED) is 0.529. The molecular weight excluding hydrogens is 138 g/mol. The lowest BCUT2D eigenvalue weighted by Crippen LogP contribution is -2.37. The maximum absolute atomic E-state index is 6.96. The van der Waals surface area contributed by atoms with Crippen molar-refractivity contribution in [3.05, 3.63) is 11.4 Å². The molecule has 0 aromatic carbocycles. The fraction of sp³-hybridized carbons (Fsp3) is 0.625. The molecule has 0 saturated heterocycles. The van der Waals surface area contributed by atoms with Crippen molar-refractivity contribution in [3.8, 4) is 0 Å². The molecule has 4 N–H and O–H groups in total. The van der Waals surface area contributed by atoms with Gasteiger partial charge in [-0.15, -0.1) is 0 Å². The van der Waals surface area contributed by atoms with E-state index in [1.165, 1.54) is 25.5 Å². The van der Waals surface area contributed by atoms with Crippen LogP contribution < -0.4 is 11.1 Å². The van der Waals surface area contributed by atoms with E-state index in [9.17, 15) is 0 Å². The lowest BCUT2D eigenvalue weighted by atomic mass is 9.93. The Bertz CT molecular complexity index is 180. The van der Waals surface area contributed by atoms with E-state index in [1.807, 2.05) is 6.92 Å². The van der Waals surface area contributed by atoms with E-state index in [-0.39, 0.29) is 0 Å². The van der Waals surface area contributed by atoms with Crippen LogP contribution in [0.2, 0.25) is 0 Å². The molecule has 0 unspecified atom stereocenters. The second-order valence-electron chi connectivity index (χ2n) is 3.01. The van der Waals surface area contributed by atoms with Gasteiger partial charge in [0.25, 0.3) is 0 Å². The third-order valence-electron chi connectivity index (χ3n) is 2.11. The SMILES string of the molecule is C/C(C=N)=C(\N)NC1CCC1. The smallest absolute Gasteiger partial charge is 0.101 e. The predicted molar refractivity (Wildman–Crippen MR) is 46.4 cm³/mol. The maximum Gasteiger partial charge on any atom is 0.101 e. The van der Waals surface area contributed by atoms with Gasteiger partial charge in [0.15, 0.2) is 0 Å². The van der Waals surface area contributed by atoms with Crippen LogP contribution in [0.15, 0.2) is 11.4 Å². The summed E-state index contributed by atoms with van der Waals surface area (Å²) in [6, 6.07) is 0.560. The molecule has 0 radical (unpaired) electrons. The first kappa shape index (κ1) is 8.11. The Morgan fingerprint density at radius 2 is 2.27 bits per heavy atom. The normalized spacial score (nSPS) is 20.1. The maximum atomic E-state index is 6.96. The first-order valence-electron chi connectivity index (χ1n) is 3.97. The molecule has 0 aromatic heterocycles. The first-order chi connectivity index (χ1) is 5.24. The summed E-state index contributed by atoms with van der Waals surface area (Å²) in [6.45, 7) is 1.84. The van der Waals surface area contributed by atoms with E-state index in [0.29, 0.717) is 11.9 Å². The molecular formula is C8H15N3. The minimum Gasteiger partial charge on any atom is -0.385 e. The van der Waals surface area contributed by atoms with E-state index in [2.05, 4.69) is 5.32 Å². The summed E-state index contributed by atoms with van der Waals surface area (Å²) in [6.07, 6.45) is 5.01. The molecule has 0 atom stereocenters. The van der Waals surface area contributed by atoms with Crippen molar-refractivity contribution in [1.82, 2.24) is 5.32 Å². The lowest BCUT2D eigenvalue weighted by Gasteiger charge is -2.27. The number of nitrogens with one attached hydrogen (secondary N) is 2. The molecule has 0 bridgehead atoms. The molecule has 0 aliphatic heterocycles. The number of rotatable bonds is 3. The molecule has 1 saturated carbocycles. The Kier molecular flexibility index (Phi) is 2.52. The van der Waals surface area contributed by atoms with Gasteiger partial charge in [-0.25, -0.2) is 0 Å². The van der Waals surface area contributed by atoms with Crippen molar-refractivity contribution in [2.45, 2.75) is 32.2 Å². The van der Waals surface area contributed by atoms with E-state index < -0.39 is 0 Å². The summed E-state index contributed by atoms with van der Waals surface area (Å²) in [4.78, 5) is 0. The van der Waals surface area contributed by atoms with Crippen LogP contribution in [0, 0.1) is 5.41 Å². The van der Waals surface area contributed by atoms with Gasteiger partial charge >= 0.3 is 0 Å². The first-order valence-corrected chi connectivity index (χ1v) is 3.97. The number of hydrogen-bond acceptors (Lipinski definition) is 3. The Morgan fingerprint density at radius 1 is 1.64 bits per heavy atom. The van der Waals surface area contributed by atoms with Gasteiger partial charge in [-0.3, -0.25) is 0 Å². The zero-order valence-corrected chi connectivity index (χ0v) is 6.85. The van der Waals surface area contributed by atoms with Gasteiger partial charge in [-0.05, 0) is 26.2 Å². The Morgan fingerprint density at radius 3 is 2.64 bits per heavy atom. The third-order valence-corrected chi connectivity index (χ3v) is 2.11. The standard InChI is InChI=1S/C8H15N3/c1-6(5-9)8(10)11-7-3-2-4-7/h5,7,9,11H,2-4,10H2,1H3/b8-6-,9-5?. The molecule has 1 rings (SSSR count). The van der Waals surface area contributed by atoms with Crippen LogP contribution in [0.3, 0.4) is 0 Å². The van der Waals surface area contributed by atoms with Crippen molar-refractivity contribution in [3.63, 3.8) is 0 Å². The summed E-state index contributed by atoms with van der Waals surface area (Å²) in [7, 11) is 0. The van der Waals surface area contributed by atoms with E-state index in [1.54, 1.807) is 0 Å². The minimum atomic E-state index is 0.560. The van der Waals surface area contributed by atoms with Crippen LogP contribution in [0.5, 0.6) is 0 Å². The molecule has 0 heterocycles. The topological polar surface area (TPSA) is 61.9 Å². The zero-order chi connectivity index (χ0) is 8.27. The summed E-state index contributed by atoms with van der Waals surface area (Å²) >= 11 is 0. The molecule has 0 spiro atoms. The van der Waals surface area contributed by atoms with Crippen LogP contribution in [0.4, 0.5) is 0 Å². The van der Waals surface area contributed by atoms with Crippen LogP contribution in [-0.2, 0) is 0 Å². The molecule has 3 nitrogen and oxygen atoms in total. The van der Waals surface area contributed by atoms with Crippen molar-refractivity contribution in [2.75, 3.05) is 0 Å². The minimum absolute atomic E-state index is 0.560. The predicted octanol–water partition coefficient (Wildman–Crippen LogP) is 0.968. The van der Waals surface area contributed by atoms with Crippen LogP contribution in [-0.4, -0.2) is 12.3 Å². The van der Waals surface area contributed by atoms with Crippen LogP contribution in [0.1, 0.15) is 26.2 Å². The summed E-state index contributed by atoms with van der Waals surface area (Å²) in [5.74, 6) is 0.657. The highest BCUT2D eigenvalue weighted by Gasteiger charge is 2.16. The second-order valence-corrected chi connectivity index (χ2v) is 3.01. The third kappa shape index (κ3) is 1.97. The fourth-order valence-corrected chi connectivity index (χ4v) is 0.964. The highest BCUT2D eigenvalue weighted by Crippen LogP contribution is 2.18. The monoisotopic (exact) mass is 153 g/mol. The van der Waals surface area contributed by atoms with Gasteiger partial charge in [0.05, 0.1) is 0 Å². The highest BCUT2D eigenvalue weighted by molar-refractivity contribution is 5.75. The van der Waals surface area contributed by atoms with Crippen molar-refractivity contribution < 1.29 is 0 Å². The fourth-order valence-electron chi connectivity index (χ4n) is 0.964. The summed E-state index contributed by atoms with van der Waals surface area (Å²) < 4.78 is 0. The lowest BCUT2D eigenvalue weighted by molar-refractivity contribution is 0.362. The molecule has 0 amide bonds. The number of allylic oxidation sites excluding steroid dienone is 1. The molecule has 1 aliphatic carbocycles. The van der Waals surface area contributed by atoms with Crippen LogP contribution in [0.25, 0.3) is 0 Å². The second kappa shape index (κ2) is 3.42. The van der Waals surface area contributed by atoms with Crippen molar-refractivity contribution in [2.24, 2.45) is 5.73 Å². The van der Waals surface area contributed by atoms with Crippen molar-refractivity contribution >= 4 is 6.21 Å². The van der Waals surface area contributed by atoms with E-state index in [0.717, 1.165) is 5.57 Å². The van der Waals surface area contributed by atoms with E-state index >= 15 is 0 Å². The van der Waals surface area contributed by atoms with Gasteiger partial charge in [0, 0.05) is 17.8 Å². The Hall–Kier alpha value is -0.990. The van der Waals surface area contributed by atoms with Gasteiger partial charge in [0.2, 0.25) is 0 Å². The Labute approximate surface area is 67.2 Å². The number of nitrogens with two attached hydrogens (primary N) is 1. The van der Waals surface area contributed by atoms with Gasteiger partial charge in [0.1, 0.15) is 5.82 Å². The number of hydrogen-bond donors (Lipinski definition) is 3. The van der Waals surface area contributed by atoms with Gasteiger partial charge in [-0.2, -0.15) is 0 Å². The van der Waals surface area contributed by atoms with Crippen LogP contribution >= 0.6 is 0 Å². The average molecular weight is 153 g/mol. The molecule has 1 fully saturated rings. The largest absolute Gasteiger partial charge is 0.385 e. The molecule has 3 heteroatoms. The average Bonchev–Trinajstić information content (AvgIpc) is 1.94. The zero-order valence-electron chi connectivity index (χ0n) is 6.85. The highest BCUT2D eigenvalue weighted by atomic mass is 15.0. The van der Waals surface area contributed by atoms with Gasteiger partial charge < -0.3 is 16.5 Å². The molecule has 1 aliphatic rings. The Balaban J connectivity index is 2.40. The molecule has 0 aromatic rings. The molecule has 11 heavy (non-hydrogen) atoms. The van der Waals surface area contributed by atoms with Crippen molar-refractivity contribution in [1.29, 1.82) is 5.41 Å². The summed E-state index contributed by atoms with van der Waals surface area (Å²) in [5, 5.41) is 10.1. The van der Waals surface area contributed by atoms with E-state index in [4.69, 9.17) is 11.1 Å². The van der Waals surface area contributed by atoms with Gasteiger partial charge in [-0.1, -0.05) is 0 Å². The molecule has 62 valence electrons.